The van der Waals surface area contributed by atoms with Crippen LogP contribution in [0.25, 0.3) is 0 Å². The van der Waals surface area contributed by atoms with E-state index in [0.29, 0.717) is 11.7 Å². The second-order valence-electron chi connectivity index (χ2n) is 7.18. The fourth-order valence-corrected chi connectivity index (χ4v) is 5.08. The van der Waals surface area contributed by atoms with Crippen LogP contribution < -0.4 is 0 Å². The summed E-state index contributed by atoms with van der Waals surface area (Å²) < 4.78 is 0. The summed E-state index contributed by atoms with van der Waals surface area (Å²) in [5, 5.41) is 0. The van der Waals surface area contributed by atoms with Crippen LogP contribution >= 0.6 is 0 Å². The molecule has 0 saturated heterocycles. The lowest BCUT2D eigenvalue weighted by Crippen LogP contribution is -2.10. The number of Topliss-reactive ketones (excluding diaryl/α,β-unsaturated/α-hetero) is 1. The topological polar surface area (TPSA) is 17.1 Å². The summed E-state index contributed by atoms with van der Waals surface area (Å²) in [5.74, 6) is 4.15. The first kappa shape index (κ1) is 12.6. The van der Waals surface area contributed by atoms with E-state index >= 15 is 0 Å². The predicted octanol–water partition coefficient (Wildman–Crippen LogP) is 4.50. The molecule has 0 N–H and O–H groups in total. The van der Waals surface area contributed by atoms with Gasteiger partial charge in [-0.05, 0) is 61.3 Å². The first-order chi connectivity index (χ1) is 9.79. The van der Waals surface area contributed by atoms with Crippen molar-refractivity contribution in [3.63, 3.8) is 0 Å². The number of ketones is 1. The molecule has 2 bridgehead atoms. The lowest BCUT2D eigenvalue weighted by atomic mass is 9.95. The van der Waals surface area contributed by atoms with Crippen LogP contribution in [0.5, 0.6) is 0 Å². The van der Waals surface area contributed by atoms with Gasteiger partial charge in [-0.3, -0.25) is 4.79 Å². The lowest BCUT2D eigenvalue weighted by molar-refractivity contribution is 0.0944. The highest BCUT2D eigenvalue weighted by molar-refractivity contribution is 6.00. The molecule has 1 nitrogen and oxygen atoms in total. The van der Waals surface area contributed by atoms with Gasteiger partial charge < -0.3 is 0 Å². The highest BCUT2D eigenvalue weighted by Gasteiger charge is 2.67. The highest BCUT2D eigenvalue weighted by Crippen LogP contribution is 2.69. The number of unbranched alkanes of at least 4 members (excludes halogenated alkanes) is 1. The summed E-state index contributed by atoms with van der Waals surface area (Å²) >= 11 is 0. The van der Waals surface area contributed by atoms with Crippen LogP contribution in [0.1, 0.15) is 54.9 Å². The molecule has 0 radical (unpaired) electrons. The molecule has 0 heterocycles. The average molecular weight is 268 g/mol. The van der Waals surface area contributed by atoms with Gasteiger partial charge in [0.25, 0.3) is 0 Å². The molecule has 0 aliphatic heterocycles. The van der Waals surface area contributed by atoms with E-state index in [4.69, 9.17) is 0 Å². The maximum Gasteiger partial charge on any atom is 0.166 e. The van der Waals surface area contributed by atoms with Crippen LogP contribution in [0, 0.1) is 29.6 Å². The Labute approximate surface area is 121 Å². The zero-order valence-electron chi connectivity index (χ0n) is 12.3. The van der Waals surface area contributed by atoms with Gasteiger partial charge in [0, 0.05) is 11.5 Å². The van der Waals surface area contributed by atoms with Crippen LogP contribution in [-0.4, -0.2) is 5.78 Å². The second-order valence-corrected chi connectivity index (χ2v) is 7.18. The monoisotopic (exact) mass is 268 g/mol. The van der Waals surface area contributed by atoms with E-state index < -0.39 is 0 Å². The van der Waals surface area contributed by atoms with E-state index in [-0.39, 0.29) is 0 Å². The smallest absolute Gasteiger partial charge is 0.166 e. The highest BCUT2D eigenvalue weighted by atomic mass is 16.1. The van der Waals surface area contributed by atoms with Crippen molar-refractivity contribution in [2.24, 2.45) is 29.6 Å². The summed E-state index contributed by atoms with van der Waals surface area (Å²) in [5.41, 5.74) is 2.34. The van der Waals surface area contributed by atoms with Crippen molar-refractivity contribution in [2.45, 2.75) is 45.4 Å². The van der Waals surface area contributed by atoms with Crippen LogP contribution in [-0.2, 0) is 6.42 Å². The molecule has 20 heavy (non-hydrogen) atoms. The van der Waals surface area contributed by atoms with Gasteiger partial charge in [0.1, 0.15) is 0 Å². The van der Waals surface area contributed by atoms with Gasteiger partial charge in [-0.25, -0.2) is 0 Å². The maximum absolute atomic E-state index is 12.7. The summed E-state index contributed by atoms with van der Waals surface area (Å²) in [4.78, 5) is 12.7. The molecule has 1 heteroatoms. The number of rotatable bonds is 5. The molecule has 3 aliphatic carbocycles. The molecule has 0 spiro atoms. The second kappa shape index (κ2) is 4.72. The molecule has 0 aromatic heterocycles. The minimum atomic E-state index is 0.391. The summed E-state index contributed by atoms with van der Waals surface area (Å²) in [6, 6.07) is 8.47. The number of carbonyl (C=O) groups excluding carboxylic acids is 1. The van der Waals surface area contributed by atoms with E-state index in [9.17, 15) is 4.79 Å². The van der Waals surface area contributed by atoms with Gasteiger partial charge in [0.2, 0.25) is 0 Å². The van der Waals surface area contributed by atoms with E-state index in [1.807, 2.05) is 0 Å². The third-order valence-electron chi connectivity index (χ3n) is 6.10. The number of aryl methyl sites for hydroxylation is 1. The van der Waals surface area contributed by atoms with Gasteiger partial charge in [0.05, 0.1) is 0 Å². The Morgan fingerprint density at radius 1 is 1.10 bits per heavy atom. The Bertz CT molecular complexity index is 499. The molecule has 1 aromatic rings. The average Bonchev–Trinajstić information content (AvgIpc) is 2.92. The van der Waals surface area contributed by atoms with Gasteiger partial charge in [-0.15, -0.1) is 0 Å². The quantitative estimate of drug-likeness (QED) is 0.718. The van der Waals surface area contributed by atoms with Crippen molar-refractivity contribution in [1.29, 1.82) is 0 Å². The number of hydrogen-bond acceptors (Lipinski definition) is 1. The molecule has 3 fully saturated rings. The number of carbonyl (C=O) groups is 1. The predicted molar refractivity (Wildman–Crippen MR) is 80.7 cm³/mol. The van der Waals surface area contributed by atoms with Crippen LogP contribution in [0.4, 0.5) is 0 Å². The van der Waals surface area contributed by atoms with E-state index in [1.54, 1.807) is 0 Å². The van der Waals surface area contributed by atoms with Crippen molar-refractivity contribution >= 4 is 5.78 Å². The first-order valence-corrected chi connectivity index (χ1v) is 8.42. The third-order valence-corrected chi connectivity index (χ3v) is 6.10. The Morgan fingerprint density at radius 2 is 1.75 bits per heavy atom. The van der Waals surface area contributed by atoms with Gasteiger partial charge in [0.15, 0.2) is 5.78 Å². The molecule has 4 rings (SSSR count). The number of fused-ring (bicyclic) bond motifs is 5. The molecule has 3 saturated carbocycles. The Hall–Kier alpha value is -1.11. The standard InChI is InChI=1S/C19H24O/c1-2-3-4-12-5-7-13(8-6-12)19(20)18-16-14-9-10-15(11-14)17(16)18/h5-8,14-18H,2-4,9-11H2,1H3. The molecule has 3 aliphatic rings. The van der Waals surface area contributed by atoms with Crippen LogP contribution in [0.15, 0.2) is 24.3 Å². The Morgan fingerprint density at radius 3 is 2.35 bits per heavy atom. The van der Waals surface area contributed by atoms with Crippen molar-refractivity contribution in [3.05, 3.63) is 35.4 Å². The minimum Gasteiger partial charge on any atom is -0.294 e. The molecule has 4 atom stereocenters. The summed E-state index contributed by atoms with van der Waals surface area (Å²) in [6.07, 6.45) is 7.83. The molecule has 106 valence electrons. The van der Waals surface area contributed by atoms with Crippen molar-refractivity contribution < 1.29 is 4.79 Å². The Balaban J connectivity index is 1.45. The fourth-order valence-electron chi connectivity index (χ4n) is 5.08. The van der Waals surface area contributed by atoms with Crippen molar-refractivity contribution in [1.82, 2.24) is 0 Å². The zero-order chi connectivity index (χ0) is 13.7. The van der Waals surface area contributed by atoms with E-state index in [0.717, 1.165) is 35.7 Å². The first-order valence-electron chi connectivity index (χ1n) is 8.42. The largest absolute Gasteiger partial charge is 0.294 e. The fraction of sp³-hybridized carbons (Fsp3) is 0.632. The Kier molecular flexibility index (Phi) is 2.98. The molecular formula is C19H24O. The lowest BCUT2D eigenvalue weighted by Gasteiger charge is -2.08. The molecule has 1 aromatic carbocycles. The normalized spacial score (nSPS) is 37.0. The zero-order valence-corrected chi connectivity index (χ0v) is 12.3. The molecule has 0 amide bonds. The van der Waals surface area contributed by atoms with Crippen molar-refractivity contribution in [2.75, 3.05) is 0 Å². The van der Waals surface area contributed by atoms with Crippen LogP contribution in [0.2, 0.25) is 0 Å². The van der Waals surface area contributed by atoms with Gasteiger partial charge in [-0.1, -0.05) is 37.6 Å². The number of hydrogen-bond donors (Lipinski definition) is 0. The van der Waals surface area contributed by atoms with Crippen molar-refractivity contribution in [3.8, 4) is 0 Å². The third kappa shape index (κ3) is 1.86. The summed E-state index contributed by atoms with van der Waals surface area (Å²) in [7, 11) is 0. The van der Waals surface area contributed by atoms with E-state index in [1.165, 1.54) is 37.7 Å². The van der Waals surface area contributed by atoms with Gasteiger partial charge >= 0.3 is 0 Å². The minimum absolute atomic E-state index is 0.391. The summed E-state index contributed by atoms with van der Waals surface area (Å²) in [6.45, 7) is 2.22. The SMILES string of the molecule is CCCCc1ccc(C(=O)C2C3C4CCC(C4)C23)cc1. The molecular weight excluding hydrogens is 244 g/mol. The van der Waals surface area contributed by atoms with E-state index in [2.05, 4.69) is 31.2 Å². The van der Waals surface area contributed by atoms with Gasteiger partial charge in [-0.2, -0.15) is 0 Å². The number of benzene rings is 1. The van der Waals surface area contributed by atoms with Crippen LogP contribution in [0.3, 0.4) is 0 Å². The molecule has 4 unspecified atom stereocenters. The maximum atomic E-state index is 12.7.